The second-order valence-electron chi connectivity index (χ2n) is 8.51. The van der Waals surface area contributed by atoms with E-state index in [2.05, 4.69) is 50.4 Å². The van der Waals surface area contributed by atoms with Crippen molar-refractivity contribution in [3.63, 3.8) is 0 Å². The van der Waals surface area contributed by atoms with Crippen molar-refractivity contribution in [2.75, 3.05) is 0 Å². The first-order chi connectivity index (χ1) is 14.3. The van der Waals surface area contributed by atoms with Crippen LogP contribution < -0.4 is 5.32 Å². The molecule has 0 aliphatic carbocycles. The SMILES string of the molecule is CC(NC(=O)/C(=C/c1ccccc1Cl)c1ccccc1)c1ccc(C(C)(C)C)cc1. The first-order valence-corrected chi connectivity index (χ1v) is 10.6. The molecule has 1 atom stereocenters. The summed E-state index contributed by atoms with van der Waals surface area (Å²) in [5.41, 5.74) is 4.70. The summed E-state index contributed by atoms with van der Waals surface area (Å²) in [5.74, 6) is -0.131. The molecule has 0 bridgehead atoms. The van der Waals surface area contributed by atoms with Crippen molar-refractivity contribution >= 4 is 29.2 Å². The highest BCUT2D eigenvalue weighted by molar-refractivity contribution is 6.33. The van der Waals surface area contributed by atoms with Gasteiger partial charge in [-0.15, -0.1) is 0 Å². The Kier molecular flexibility index (Phi) is 6.79. The van der Waals surface area contributed by atoms with Crippen molar-refractivity contribution < 1.29 is 4.79 Å². The van der Waals surface area contributed by atoms with Gasteiger partial charge < -0.3 is 5.32 Å². The summed E-state index contributed by atoms with van der Waals surface area (Å²) in [6.45, 7) is 8.58. The fraction of sp³-hybridized carbons (Fsp3) is 0.222. The summed E-state index contributed by atoms with van der Waals surface area (Å²) in [6.07, 6.45) is 1.85. The van der Waals surface area contributed by atoms with E-state index in [1.165, 1.54) is 5.56 Å². The number of carbonyl (C=O) groups excluding carboxylic acids is 1. The Balaban J connectivity index is 1.87. The Morgan fingerprint density at radius 2 is 1.50 bits per heavy atom. The van der Waals surface area contributed by atoms with Gasteiger partial charge in [0.05, 0.1) is 6.04 Å². The van der Waals surface area contributed by atoms with Crippen LogP contribution in [-0.4, -0.2) is 5.91 Å². The van der Waals surface area contributed by atoms with Crippen LogP contribution >= 0.6 is 11.6 Å². The summed E-state index contributed by atoms with van der Waals surface area (Å²) < 4.78 is 0. The van der Waals surface area contributed by atoms with E-state index in [9.17, 15) is 4.79 Å². The van der Waals surface area contributed by atoms with Gasteiger partial charge >= 0.3 is 0 Å². The topological polar surface area (TPSA) is 29.1 Å². The maximum absolute atomic E-state index is 13.2. The van der Waals surface area contributed by atoms with Crippen LogP contribution in [0.15, 0.2) is 78.9 Å². The number of nitrogens with one attached hydrogen (secondary N) is 1. The van der Waals surface area contributed by atoms with Gasteiger partial charge in [-0.3, -0.25) is 4.79 Å². The van der Waals surface area contributed by atoms with E-state index < -0.39 is 0 Å². The minimum absolute atomic E-state index is 0.100. The highest BCUT2D eigenvalue weighted by Crippen LogP contribution is 2.26. The lowest BCUT2D eigenvalue weighted by Crippen LogP contribution is -2.27. The van der Waals surface area contributed by atoms with Gasteiger partial charge in [0.15, 0.2) is 0 Å². The minimum Gasteiger partial charge on any atom is -0.345 e. The maximum Gasteiger partial charge on any atom is 0.252 e. The number of hydrogen-bond acceptors (Lipinski definition) is 1. The van der Waals surface area contributed by atoms with Crippen LogP contribution in [0.2, 0.25) is 5.02 Å². The molecule has 1 amide bonds. The highest BCUT2D eigenvalue weighted by Gasteiger charge is 2.18. The number of halogens is 1. The molecule has 1 unspecified atom stereocenters. The molecule has 0 heterocycles. The summed E-state index contributed by atoms with van der Waals surface area (Å²) in [5, 5.41) is 3.76. The minimum atomic E-state index is -0.131. The van der Waals surface area contributed by atoms with Crippen molar-refractivity contribution in [2.45, 2.75) is 39.2 Å². The third-order valence-corrected chi connectivity index (χ3v) is 5.50. The summed E-state index contributed by atoms with van der Waals surface area (Å²) in [4.78, 5) is 13.2. The Hall–Kier alpha value is -2.84. The molecule has 2 nitrogen and oxygen atoms in total. The Morgan fingerprint density at radius 3 is 2.10 bits per heavy atom. The van der Waals surface area contributed by atoms with Crippen LogP contribution in [0.25, 0.3) is 11.6 Å². The Morgan fingerprint density at radius 1 is 0.900 bits per heavy atom. The molecule has 3 heteroatoms. The number of benzene rings is 3. The summed E-state index contributed by atoms with van der Waals surface area (Å²) in [6, 6.07) is 25.5. The molecule has 0 radical (unpaired) electrons. The average Bonchev–Trinajstić information content (AvgIpc) is 2.73. The van der Waals surface area contributed by atoms with Crippen molar-refractivity contribution in [3.05, 3.63) is 106 Å². The zero-order valence-corrected chi connectivity index (χ0v) is 18.7. The van der Waals surface area contributed by atoms with Crippen LogP contribution in [-0.2, 0) is 10.2 Å². The van der Waals surface area contributed by atoms with Gasteiger partial charge in [0.2, 0.25) is 0 Å². The van der Waals surface area contributed by atoms with Gasteiger partial charge in [-0.1, -0.05) is 105 Å². The molecule has 0 aliphatic rings. The van der Waals surface area contributed by atoms with Crippen LogP contribution in [0, 0.1) is 0 Å². The monoisotopic (exact) mass is 417 g/mol. The average molecular weight is 418 g/mol. The molecule has 3 aromatic rings. The predicted octanol–water partition coefficient (Wildman–Crippen LogP) is 7.06. The third kappa shape index (κ3) is 5.40. The zero-order chi connectivity index (χ0) is 21.7. The van der Waals surface area contributed by atoms with Gasteiger partial charge in [0.25, 0.3) is 5.91 Å². The lowest BCUT2D eigenvalue weighted by atomic mass is 9.86. The lowest BCUT2D eigenvalue weighted by Gasteiger charge is -2.21. The van der Waals surface area contributed by atoms with E-state index in [1.54, 1.807) is 0 Å². The molecule has 0 saturated heterocycles. The Bertz CT molecular complexity index is 1030. The predicted molar refractivity (Wildman–Crippen MR) is 127 cm³/mol. The van der Waals surface area contributed by atoms with E-state index in [1.807, 2.05) is 67.6 Å². The summed E-state index contributed by atoms with van der Waals surface area (Å²) >= 11 is 6.34. The molecule has 3 aromatic carbocycles. The van der Waals surface area contributed by atoms with Crippen LogP contribution in [0.1, 0.15) is 56.0 Å². The van der Waals surface area contributed by atoms with Gasteiger partial charge in [-0.2, -0.15) is 0 Å². The second kappa shape index (κ2) is 9.32. The van der Waals surface area contributed by atoms with Crippen molar-refractivity contribution in [2.24, 2.45) is 0 Å². The van der Waals surface area contributed by atoms with Crippen LogP contribution in [0.5, 0.6) is 0 Å². The van der Waals surface area contributed by atoms with Crippen molar-refractivity contribution in [3.8, 4) is 0 Å². The van der Waals surface area contributed by atoms with E-state index in [0.717, 1.165) is 16.7 Å². The first kappa shape index (κ1) is 21.9. The standard InChI is InChI=1S/C27H28ClNO/c1-19(20-14-16-23(17-15-20)27(2,3)4)29-26(30)24(21-10-6-5-7-11-21)18-22-12-8-9-13-25(22)28/h5-19H,1-4H3,(H,29,30)/b24-18+. The van der Waals surface area contributed by atoms with Crippen LogP contribution in [0.3, 0.4) is 0 Å². The number of rotatable bonds is 5. The van der Waals surface area contributed by atoms with E-state index in [-0.39, 0.29) is 17.4 Å². The lowest BCUT2D eigenvalue weighted by molar-refractivity contribution is -0.116. The van der Waals surface area contributed by atoms with Gasteiger partial charge in [-0.05, 0) is 46.7 Å². The zero-order valence-electron chi connectivity index (χ0n) is 17.9. The largest absolute Gasteiger partial charge is 0.345 e. The molecule has 30 heavy (non-hydrogen) atoms. The number of carbonyl (C=O) groups is 1. The number of amides is 1. The molecule has 0 fully saturated rings. The quantitative estimate of drug-likeness (QED) is 0.349. The summed E-state index contributed by atoms with van der Waals surface area (Å²) in [7, 11) is 0. The molecule has 1 N–H and O–H groups in total. The van der Waals surface area contributed by atoms with E-state index in [4.69, 9.17) is 11.6 Å². The van der Waals surface area contributed by atoms with Gasteiger partial charge in [0.1, 0.15) is 0 Å². The van der Waals surface area contributed by atoms with Crippen molar-refractivity contribution in [1.29, 1.82) is 0 Å². The molecule has 0 saturated carbocycles. The molecule has 0 spiro atoms. The first-order valence-electron chi connectivity index (χ1n) is 10.2. The molecule has 0 aromatic heterocycles. The molecule has 3 rings (SSSR count). The van der Waals surface area contributed by atoms with E-state index in [0.29, 0.717) is 10.6 Å². The smallest absolute Gasteiger partial charge is 0.252 e. The van der Waals surface area contributed by atoms with E-state index >= 15 is 0 Å². The highest BCUT2D eigenvalue weighted by atomic mass is 35.5. The maximum atomic E-state index is 13.2. The molecule has 154 valence electrons. The number of hydrogen-bond donors (Lipinski definition) is 1. The molecule has 0 aliphatic heterocycles. The second-order valence-corrected chi connectivity index (χ2v) is 8.92. The van der Waals surface area contributed by atoms with Crippen LogP contribution in [0.4, 0.5) is 0 Å². The molecular formula is C27H28ClNO. The van der Waals surface area contributed by atoms with Gasteiger partial charge in [0, 0.05) is 10.6 Å². The molecular weight excluding hydrogens is 390 g/mol. The fourth-order valence-electron chi connectivity index (χ4n) is 3.27. The van der Waals surface area contributed by atoms with Gasteiger partial charge in [-0.25, -0.2) is 0 Å². The third-order valence-electron chi connectivity index (χ3n) is 5.16. The normalized spacial score (nSPS) is 13.0. The Labute approximate surface area is 184 Å². The fourth-order valence-corrected chi connectivity index (χ4v) is 3.47. The van der Waals surface area contributed by atoms with Crippen molar-refractivity contribution in [1.82, 2.24) is 5.32 Å².